The summed E-state index contributed by atoms with van der Waals surface area (Å²) in [5.41, 5.74) is 0. The summed E-state index contributed by atoms with van der Waals surface area (Å²) in [4.78, 5) is 0. The van der Waals surface area contributed by atoms with E-state index >= 15 is 0 Å². The number of nitrogens with zero attached hydrogens (tertiary/aromatic N) is 1. The highest BCUT2D eigenvalue weighted by atomic mass is 35.5. The van der Waals surface area contributed by atoms with Crippen molar-refractivity contribution in [2.24, 2.45) is 0 Å². The van der Waals surface area contributed by atoms with Crippen LogP contribution in [-0.2, 0) is 0 Å². The molecule has 2 heteroatoms. The zero-order valence-electron chi connectivity index (χ0n) is 9.38. The second-order valence-electron chi connectivity index (χ2n) is 3.73. The van der Waals surface area contributed by atoms with Gasteiger partial charge in [-0.25, -0.2) is 0 Å². The maximum absolute atomic E-state index is 3.81. The van der Waals surface area contributed by atoms with Gasteiger partial charge < -0.3 is 16.9 Å². The second kappa shape index (κ2) is 7.84. The molecule has 82 valence electrons. The van der Waals surface area contributed by atoms with Crippen LogP contribution >= 0.6 is 0 Å². The Morgan fingerprint density at radius 3 is 1.36 bits per heavy atom. The summed E-state index contributed by atoms with van der Waals surface area (Å²) in [6.45, 7) is 18.8. The largest absolute Gasteiger partial charge is 1.00 e. The normalized spacial score (nSPS) is 10.5. The molecule has 0 heterocycles. The first-order chi connectivity index (χ1) is 6.13. The highest BCUT2D eigenvalue weighted by Crippen LogP contribution is 2.13. The Morgan fingerprint density at radius 1 is 0.929 bits per heavy atom. The van der Waals surface area contributed by atoms with E-state index in [-0.39, 0.29) is 12.4 Å². The molecule has 0 bridgehead atoms. The molecule has 0 rings (SSSR count). The van der Waals surface area contributed by atoms with Gasteiger partial charge >= 0.3 is 0 Å². The van der Waals surface area contributed by atoms with Gasteiger partial charge in [-0.2, -0.15) is 0 Å². The van der Waals surface area contributed by atoms with Crippen molar-refractivity contribution < 1.29 is 16.9 Å². The van der Waals surface area contributed by atoms with Crippen LogP contribution in [0.5, 0.6) is 0 Å². The minimum atomic E-state index is 0. The molecule has 0 saturated heterocycles. The topological polar surface area (TPSA) is 0 Å². The molecule has 0 amide bonds. The summed E-state index contributed by atoms with van der Waals surface area (Å²) in [6, 6.07) is 0.578. The van der Waals surface area contributed by atoms with E-state index in [0.717, 1.165) is 24.1 Å². The summed E-state index contributed by atoms with van der Waals surface area (Å²) in [5, 5.41) is 0. The number of halogens is 1. The van der Waals surface area contributed by atoms with E-state index in [4.69, 9.17) is 0 Å². The monoisotopic (exact) mass is 215 g/mol. The molecule has 0 saturated carbocycles. The fourth-order valence-electron chi connectivity index (χ4n) is 1.63. The molecule has 0 aliphatic carbocycles. The summed E-state index contributed by atoms with van der Waals surface area (Å²) >= 11 is 0. The van der Waals surface area contributed by atoms with Crippen molar-refractivity contribution in [1.82, 2.24) is 0 Å². The fraction of sp³-hybridized carbons (Fsp3) is 0.500. The van der Waals surface area contributed by atoms with Crippen LogP contribution in [0.4, 0.5) is 0 Å². The molecule has 0 unspecified atom stereocenters. The van der Waals surface area contributed by atoms with E-state index in [9.17, 15) is 0 Å². The van der Waals surface area contributed by atoms with Gasteiger partial charge in [0.15, 0.2) is 0 Å². The van der Waals surface area contributed by atoms with Gasteiger partial charge in [-0.05, 0) is 32.1 Å². The van der Waals surface area contributed by atoms with Gasteiger partial charge in [0.1, 0.15) is 0 Å². The number of rotatable bonds is 7. The molecule has 0 atom stereocenters. The lowest BCUT2D eigenvalue weighted by Gasteiger charge is -2.40. The van der Waals surface area contributed by atoms with Crippen molar-refractivity contribution in [2.45, 2.75) is 19.9 Å². The van der Waals surface area contributed by atoms with Gasteiger partial charge in [-0.3, -0.25) is 0 Å². The Labute approximate surface area is 94.8 Å². The van der Waals surface area contributed by atoms with Gasteiger partial charge in [-0.1, -0.05) is 19.7 Å². The van der Waals surface area contributed by atoms with Crippen LogP contribution in [0.15, 0.2) is 38.0 Å². The number of quaternary nitrogens is 1. The highest BCUT2D eigenvalue weighted by Gasteiger charge is 2.26. The number of hydrogen-bond donors (Lipinski definition) is 0. The zero-order valence-corrected chi connectivity index (χ0v) is 10.1. The molecule has 0 aliphatic rings. The molecule has 0 aromatic heterocycles. The van der Waals surface area contributed by atoms with Gasteiger partial charge in [0.05, 0.1) is 25.7 Å². The van der Waals surface area contributed by atoms with Crippen molar-refractivity contribution >= 4 is 0 Å². The van der Waals surface area contributed by atoms with E-state index in [1.165, 1.54) is 0 Å². The van der Waals surface area contributed by atoms with Crippen molar-refractivity contribution in [3.8, 4) is 0 Å². The quantitative estimate of drug-likeness (QED) is 0.407. The molecule has 0 radical (unpaired) electrons. The van der Waals surface area contributed by atoms with Gasteiger partial charge in [0.2, 0.25) is 0 Å². The molecular formula is C12H22ClN. The first-order valence-corrected chi connectivity index (χ1v) is 4.81. The van der Waals surface area contributed by atoms with Gasteiger partial charge in [0, 0.05) is 0 Å². The lowest BCUT2D eigenvalue weighted by atomic mass is 10.2. The van der Waals surface area contributed by atoms with Crippen LogP contribution in [0, 0.1) is 0 Å². The minimum Gasteiger partial charge on any atom is -1.00 e. The SMILES string of the molecule is C=CC[N+](CC=C)(CC=C)C(C)C.[Cl-]. The summed E-state index contributed by atoms with van der Waals surface area (Å²) in [6.07, 6.45) is 5.94. The predicted molar refractivity (Wildman–Crippen MR) is 60.6 cm³/mol. The van der Waals surface area contributed by atoms with E-state index in [1.807, 2.05) is 18.2 Å². The fourth-order valence-corrected chi connectivity index (χ4v) is 1.63. The second-order valence-corrected chi connectivity index (χ2v) is 3.73. The van der Waals surface area contributed by atoms with E-state index in [2.05, 4.69) is 33.6 Å². The molecule has 0 N–H and O–H groups in total. The molecule has 0 fully saturated rings. The van der Waals surface area contributed by atoms with Gasteiger partial charge in [0.25, 0.3) is 0 Å². The zero-order chi connectivity index (χ0) is 10.3. The third-order valence-corrected chi connectivity index (χ3v) is 2.57. The molecule has 0 aromatic carbocycles. The molecular weight excluding hydrogens is 194 g/mol. The Morgan fingerprint density at radius 2 is 1.21 bits per heavy atom. The van der Waals surface area contributed by atoms with Crippen LogP contribution < -0.4 is 12.4 Å². The van der Waals surface area contributed by atoms with Crippen LogP contribution in [0.2, 0.25) is 0 Å². The lowest BCUT2D eigenvalue weighted by molar-refractivity contribution is -0.932. The lowest BCUT2D eigenvalue weighted by Crippen LogP contribution is -3.00. The molecule has 0 aliphatic heterocycles. The Hall–Kier alpha value is -0.530. The third-order valence-electron chi connectivity index (χ3n) is 2.57. The molecule has 1 nitrogen and oxygen atoms in total. The smallest absolute Gasteiger partial charge is 0.0977 e. The Balaban J connectivity index is 0. The van der Waals surface area contributed by atoms with Crippen molar-refractivity contribution in [1.29, 1.82) is 0 Å². The van der Waals surface area contributed by atoms with Crippen molar-refractivity contribution in [2.75, 3.05) is 19.6 Å². The van der Waals surface area contributed by atoms with Crippen LogP contribution in [-0.4, -0.2) is 30.2 Å². The highest BCUT2D eigenvalue weighted by molar-refractivity contribution is 4.77. The minimum absolute atomic E-state index is 0. The molecule has 0 aromatic rings. The summed E-state index contributed by atoms with van der Waals surface area (Å²) < 4.78 is 0.983. The van der Waals surface area contributed by atoms with Crippen LogP contribution in [0.3, 0.4) is 0 Å². The van der Waals surface area contributed by atoms with Crippen LogP contribution in [0.1, 0.15) is 13.8 Å². The van der Waals surface area contributed by atoms with Crippen molar-refractivity contribution in [3.05, 3.63) is 38.0 Å². The number of hydrogen-bond acceptors (Lipinski definition) is 0. The van der Waals surface area contributed by atoms with Crippen molar-refractivity contribution in [3.63, 3.8) is 0 Å². The first kappa shape index (κ1) is 15.9. The predicted octanol–water partition coefficient (Wildman–Crippen LogP) is -0.226. The van der Waals surface area contributed by atoms with E-state index in [0.29, 0.717) is 6.04 Å². The van der Waals surface area contributed by atoms with E-state index in [1.54, 1.807) is 0 Å². The summed E-state index contributed by atoms with van der Waals surface area (Å²) in [7, 11) is 0. The Kier molecular flexibility index (Phi) is 8.91. The van der Waals surface area contributed by atoms with Crippen LogP contribution in [0.25, 0.3) is 0 Å². The maximum atomic E-state index is 3.81. The molecule has 0 spiro atoms. The maximum Gasteiger partial charge on any atom is 0.0977 e. The van der Waals surface area contributed by atoms with E-state index < -0.39 is 0 Å². The first-order valence-electron chi connectivity index (χ1n) is 4.81. The molecule has 14 heavy (non-hydrogen) atoms. The Bertz CT molecular complexity index is 158. The average molecular weight is 216 g/mol. The van der Waals surface area contributed by atoms with Gasteiger partial charge in [-0.15, -0.1) is 0 Å². The summed E-state index contributed by atoms with van der Waals surface area (Å²) in [5.74, 6) is 0. The standard InChI is InChI=1S/C12H22N.ClH/c1-6-9-13(10-7-2,11-8-3)12(4)5;/h6-8,12H,1-3,9-11H2,4-5H3;1H/q+1;/p-1. The average Bonchev–Trinajstić information content (AvgIpc) is 2.05. The third kappa shape index (κ3) is 4.12.